The molecule has 1 aromatic rings. The molecule has 0 radical (unpaired) electrons. The number of alkyl halides is 4. The lowest BCUT2D eigenvalue weighted by atomic mass is 9.82. The van der Waals surface area contributed by atoms with Gasteiger partial charge in [0.15, 0.2) is 0 Å². The van der Waals surface area contributed by atoms with E-state index in [-0.39, 0.29) is 11.5 Å². The first-order chi connectivity index (χ1) is 8.54. The molecule has 0 saturated heterocycles. The third-order valence-electron chi connectivity index (χ3n) is 2.95. The minimum absolute atomic E-state index is 0.0943. The van der Waals surface area contributed by atoms with Gasteiger partial charge in [0.2, 0.25) is 0 Å². The smallest absolute Gasteiger partial charge is 0.406 e. The number of rotatable bonds is 4. The lowest BCUT2D eigenvalue weighted by molar-refractivity contribution is -0.274. The summed E-state index contributed by atoms with van der Waals surface area (Å²) in [6.45, 7) is 4.80. The molecule has 0 amide bonds. The van der Waals surface area contributed by atoms with Gasteiger partial charge in [-0.1, -0.05) is 26.0 Å². The topological polar surface area (TPSA) is 26.3 Å². The molecule has 0 aromatic heterocycles. The summed E-state index contributed by atoms with van der Waals surface area (Å²) in [5.41, 5.74) is -0.232. The molecule has 0 saturated carbocycles. The fourth-order valence-electron chi connectivity index (χ4n) is 1.43. The second-order valence-electron chi connectivity index (χ2n) is 4.76. The van der Waals surface area contributed by atoms with Gasteiger partial charge in [0.1, 0.15) is 11.5 Å². The number of Topliss-reactive ketones (excluding diaryl/α,β-unsaturated/α-hetero) is 1. The summed E-state index contributed by atoms with van der Waals surface area (Å²) in [5.74, 6) is -0.413. The van der Waals surface area contributed by atoms with Crippen molar-refractivity contribution in [1.82, 2.24) is 0 Å². The number of carbonyl (C=O) groups is 1. The van der Waals surface area contributed by atoms with Crippen LogP contribution in [0.1, 0.15) is 31.7 Å². The lowest BCUT2D eigenvalue weighted by Gasteiger charge is -2.27. The summed E-state index contributed by atoms with van der Waals surface area (Å²) in [6.07, 6.45) is -4.72. The normalized spacial score (nSPS) is 14.1. The monoisotopic (exact) mass is 294 g/mol. The van der Waals surface area contributed by atoms with Crippen LogP contribution in [0.25, 0.3) is 0 Å². The van der Waals surface area contributed by atoms with Crippen LogP contribution in [-0.4, -0.2) is 12.1 Å². The van der Waals surface area contributed by atoms with Gasteiger partial charge in [0.25, 0.3) is 0 Å². The summed E-state index contributed by atoms with van der Waals surface area (Å²) < 4.78 is 39.8. The zero-order chi connectivity index (χ0) is 14.8. The summed E-state index contributed by atoms with van der Waals surface area (Å²) in [7, 11) is 0. The van der Waals surface area contributed by atoms with Crippen molar-refractivity contribution in [2.45, 2.75) is 32.5 Å². The Morgan fingerprint density at radius 3 is 2.05 bits per heavy atom. The van der Waals surface area contributed by atoms with Crippen molar-refractivity contribution in [2.24, 2.45) is 5.41 Å². The highest BCUT2D eigenvalue weighted by Gasteiger charge is 2.34. The van der Waals surface area contributed by atoms with E-state index < -0.39 is 17.2 Å². The van der Waals surface area contributed by atoms with Crippen molar-refractivity contribution in [3.63, 3.8) is 0 Å². The standard InChI is InChI=1S/C13H14ClF3O2/c1-8(18)12(2,3)11(14)9-4-6-10(7-5-9)19-13(15,16)17/h4-7,11H,1-3H3. The van der Waals surface area contributed by atoms with E-state index in [1.165, 1.54) is 31.2 Å². The van der Waals surface area contributed by atoms with Gasteiger partial charge >= 0.3 is 6.36 Å². The second-order valence-corrected chi connectivity index (χ2v) is 5.19. The molecule has 0 aliphatic rings. The van der Waals surface area contributed by atoms with Crippen LogP contribution in [0.3, 0.4) is 0 Å². The first-order valence-electron chi connectivity index (χ1n) is 5.55. The van der Waals surface area contributed by atoms with Crippen LogP contribution in [0.15, 0.2) is 24.3 Å². The SMILES string of the molecule is CC(=O)C(C)(C)C(Cl)c1ccc(OC(F)(F)F)cc1. The molecule has 106 valence electrons. The van der Waals surface area contributed by atoms with Gasteiger partial charge in [0, 0.05) is 5.41 Å². The lowest BCUT2D eigenvalue weighted by Crippen LogP contribution is -2.26. The Hall–Kier alpha value is -1.23. The first kappa shape index (κ1) is 15.8. The van der Waals surface area contributed by atoms with E-state index in [2.05, 4.69) is 4.74 Å². The molecular weight excluding hydrogens is 281 g/mol. The molecular formula is C13H14ClF3O2. The van der Waals surface area contributed by atoms with Gasteiger partial charge < -0.3 is 4.74 Å². The van der Waals surface area contributed by atoms with E-state index in [0.29, 0.717) is 5.56 Å². The first-order valence-corrected chi connectivity index (χ1v) is 5.98. The highest BCUT2D eigenvalue weighted by molar-refractivity contribution is 6.22. The average Bonchev–Trinajstić information content (AvgIpc) is 2.26. The molecule has 0 bridgehead atoms. The van der Waals surface area contributed by atoms with Crippen molar-refractivity contribution in [3.05, 3.63) is 29.8 Å². The Balaban J connectivity index is 2.90. The number of hydrogen-bond acceptors (Lipinski definition) is 2. The van der Waals surface area contributed by atoms with E-state index in [4.69, 9.17) is 11.6 Å². The van der Waals surface area contributed by atoms with Gasteiger partial charge in [-0.25, -0.2) is 0 Å². The highest BCUT2D eigenvalue weighted by Crippen LogP contribution is 2.40. The van der Waals surface area contributed by atoms with E-state index in [9.17, 15) is 18.0 Å². The summed E-state index contributed by atoms with van der Waals surface area (Å²) in [6, 6.07) is 5.19. The van der Waals surface area contributed by atoms with Crippen molar-refractivity contribution in [1.29, 1.82) is 0 Å². The molecule has 0 fully saturated rings. The fraction of sp³-hybridized carbons (Fsp3) is 0.462. The third kappa shape index (κ3) is 4.13. The predicted octanol–water partition coefficient (Wildman–Crippen LogP) is 4.48. The zero-order valence-corrected chi connectivity index (χ0v) is 11.5. The van der Waals surface area contributed by atoms with Crippen LogP contribution in [0.5, 0.6) is 5.75 Å². The molecule has 1 unspecified atom stereocenters. The van der Waals surface area contributed by atoms with Crippen LogP contribution < -0.4 is 4.74 Å². The largest absolute Gasteiger partial charge is 0.573 e. The number of benzene rings is 1. The summed E-state index contributed by atoms with van der Waals surface area (Å²) >= 11 is 6.19. The van der Waals surface area contributed by atoms with E-state index in [0.717, 1.165) is 0 Å². The molecule has 0 heterocycles. The van der Waals surface area contributed by atoms with E-state index in [1.807, 2.05) is 0 Å². The van der Waals surface area contributed by atoms with E-state index in [1.54, 1.807) is 13.8 Å². The quantitative estimate of drug-likeness (QED) is 0.765. The van der Waals surface area contributed by atoms with Gasteiger partial charge in [-0.15, -0.1) is 24.8 Å². The van der Waals surface area contributed by atoms with Gasteiger partial charge in [0.05, 0.1) is 5.38 Å². The van der Waals surface area contributed by atoms with Crippen LogP contribution in [-0.2, 0) is 4.79 Å². The number of halogens is 4. The number of ether oxygens (including phenoxy) is 1. The van der Waals surface area contributed by atoms with Crippen molar-refractivity contribution in [3.8, 4) is 5.75 Å². The third-order valence-corrected chi connectivity index (χ3v) is 3.74. The number of ketones is 1. The maximum atomic E-state index is 12.0. The predicted molar refractivity (Wildman–Crippen MR) is 66.2 cm³/mol. The van der Waals surface area contributed by atoms with Crippen LogP contribution in [0.4, 0.5) is 13.2 Å². The maximum Gasteiger partial charge on any atom is 0.573 e. The molecule has 6 heteroatoms. The molecule has 0 N–H and O–H groups in total. The second kappa shape index (κ2) is 5.41. The molecule has 0 spiro atoms. The molecule has 19 heavy (non-hydrogen) atoms. The molecule has 1 atom stereocenters. The van der Waals surface area contributed by atoms with Gasteiger partial charge in [-0.3, -0.25) is 4.79 Å². The van der Waals surface area contributed by atoms with Gasteiger partial charge in [-0.2, -0.15) is 0 Å². The number of hydrogen-bond donors (Lipinski definition) is 0. The van der Waals surface area contributed by atoms with Gasteiger partial charge in [-0.05, 0) is 24.6 Å². The molecule has 0 aliphatic heterocycles. The Labute approximate surface area is 114 Å². The van der Waals surface area contributed by atoms with Crippen molar-refractivity contribution < 1.29 is 22.7 Å². The zero-order valence-electron chi connectivity index (χ0n) is 10.7. The Kier molecular flexibility index (Phi) is 4.50. The molecule has 1 aromatic carbocycles. The van der Waals surface area contributed by atoms with Crippen molar-refractivity contribution >= 4 is 17.4 Å². The summed E-state index contributed by atoms with van der Waals surface area (Å²) in [5, 5.41) is -0.620. The molecule has 1 rings (SSSR count). The Morgan fingerprint density at radius 2 is 1.68 bits per heavy atom. The maximum absolute atomic E-state index is 12.0. The Morgan fingerprint density at radius 1 is 1.21 bits per heavy atom. The summed E-state index contributed by atoms with van der Waals surface area (Å²) in [4.78, 5) is 11.5. The Bertz CT molecular complexity index is 452. The van der Waals surface area contributed by atoms with Crippen LogP contribution in [0.2, 0.25) is 0 Å². The average molecular weight is 295 g/mol. The van der Waals surface area contributed by atoms with Crippen LogP contribution in [0, 0.1) is 5.41 Å². The fourth-order valence-corrected chi connectivity index (χ4v) is 1.73. The van der Waals surface area contributed by atoms with E-state index >= 15 is 0 Å². The van der Waals surface area contributed by atoms with Crippen LogP contribution >= 0.6 is 11.6 Å². The minimum Gasteiger partial charge on any atom is -0.406 e. The van der Waals surface area contributed by atoms with Crippen molar-refractivity contribution in [2.75, 3.05) is 0 Å². The molecule has 2 nitrogen and oxygen atoms in total. The minimum atomic E-state index is -4.72. The highest BCUT2D eigenvalue weighted by atomic mass is 35.5. The molecule has 0 aliphatic carbocycles. The number of carbonyl (C=O) groups excluding carboxylic acids is 1.